The predicted octanol–water partition coefficient (Wildman–Crippen LogP) is 6.41. The Kier molecular flexibility index (Phi) is 8.21. The number of amides is 1. The Hall–Kier alpha value is -3.78. The van der Waals surface area contributed by atoms with Crippen molar-refractivity contribution in [3.05, 3.63) is 82.1 Å². The van der Waals surface area contributed by atoms with E-state index in [1.54, 1.807) is 6.92 Å². The molecule has 0 radical (unpaired) electrons. The number of likely N-dealkylation sites (tertiary alicyclic amines) is 1. The molecule has 1 fully saturated rings. The number of aryl methyl sites for hydroxylation is 1. The quantitative estimate of drug-likeness (QED) is 0.348. The number of carbonyl (C=O) groups is 2. The summed E-state index contributed by atoms with van der Waals surface area (Å²) in [5.41, 5.74) is 3.78. The van der Waals surface area contributed by atoms with Crippen LogP contribution in [0.2, 0.25) is 0 Å². The van der Waals surface area contributed by atoms with Gasteiger partial charge in [-0.3, -0.25) is 4.79 Å². The highest BCUT2D eigenvalue weighted by atomic mass is 32.2. The van der Waals surface area contributed by atoms with Crippen LogP contribution in [0.15, 0.2) is 76.0 Å². The molecule has 1 aromatic heterocycles. The SMILES string of the molecule is CCOC(=O)C1=C(O)/C(=C/c2cn(CC(=O)N3CCCCC3)c3c(CC)cccc23)SC1=Nc1ccccc1. The minimum absolute atomic E-state index is 0.0650. The number of para-hydroxylation sites is 2. The standard InChI is InChI=1S/C31H33N3O4S/c1-3-21-12-11-15-24-22(19-34(28(21)24)20-26(35)33-16-9-6-10-17-33)18-25-29(36)27(31(37)38-4-2)30(39-25)32-23-13-7-5-8-14-23/h5,7-8,11-15,18-19,36H,3-4,6,9-10,16-17,20H2,1-2H3/b25-18-,32-30?. The maximum absolute atomic E-state index is 13.2. The molecular weight excluding hydrogens is 510 g/mol. The summed E-state index contributed by atoms with van der Waals surface area (Å²) in [6, 6.07) is 15.5. The van der Waals surface area contributed by atoms with E-state index in [1.807, 2.05) is 64.2 Å². The Bertz CT molecular complexity index is 1480. The average molecular weight is 544 g/mol. The van der Waals surface area contributed by atoms with Crippen molar-refractivity contribution in [2.75, 3.05) is 19.7 Å². The molecule has 1 saturated heterocycles. The van der Waals surface area contributed by atoms with E-state index in [9.17, 15) is 14.7 Å². The highest BCUT2D eigenvalue weighted by molar-refractivity contribution is 8.18. The molecule has 0 atom stereocenters. The third kappa shape index (κ3) is 5.66. The Morgan fingerprint density at radius 1 is 1.05 bits per heavy atom. The number of aliphatic hydroxyl groups excluding tert-OH is 1. The summed E-state index contributed by atoms with van der Waals surface area (Å²) in [7, 11) is 0. The van der Waals surface area contributed by atoms with Gasteiger partial charge in [0.05, 0.1) is 22.7 Å². The Morgan fingerprint density at radius 2 is 1.82 bits per heavy atom. The molecule has 1 N–H and O–H groups in total. The van der Waals surface area contributed by atoms with Crippen molar-refractivity contribution in [2.24, 2.45) is 4.99 Å². The highest BCUT2D eigenvalue weighted by Crippen LogP contribution is 2.41. The summed E-state index contributed by atoms with van der Waals surface area (Å²) in [6.07, 6.45) is 7.95. The highest BCUT2D eigenvalue weighted by Gasteiger charge is 2.33. The molecule has 8 heteroatoms. The lowest BCUT2D eigenvalue weighted by atomic mass is 10.1. The average Bonchev–Trinajstić information content (AvgIpc) is 3.46. The van der Waals surface area contributed by atoms with Gasteiger partial charge in [0.15, 0.2) is 0 Å². The topological polar surface area (TPSA) is 84.1 Å². The van der Waals surface area contributed by atoms with Crippen molar-refractivity contribution in [1.82, 2.24) is 9.47 Å². The summed E-state index contributed by atoms with van der Waals surface area (Å²) < 4.78 is 7.28. The van der Waals surface area contributed by atoms with Crippen LogP contribution in [0.1, 0.15) is 44.2 Å². The van der Waals surface area contributed by atoms with Crippen molar-refractivity contribution in [2.45, 2.75) is 46.1 Å². The monoisotopic (exact) mass is 543 g/mol. The zero-order valence-electron chi connectivity index (χ0n) is 22.4. The number of aliphatic imine (C=N–C) groups is 1. The Morgan fingerprint density at radius 3 is 2.54 bits per heavy atom. The minimum atomic E-state index is -0.608. The van der Waals surface area contributed by atoms with Crippen molar-refractivity contribution in [3.8, 4) is 0 Å². The number of fused-ring (bicyclic) bond motifs is 1. The molecule has 5 rings (SSSR count). The number of ether oxygens (including phenoxy) is 1. The number of aromatic nitrogens is 1. The lowest BCUT2D eigenvalue weighted by Gasteiger charge is -2.27. The molecule has 2 aliphatic heterocycles. The molecule has 0 saturated carbocycles. The van der Waals surface area contributed by atoms with Crippen molar-refractivity contribution in [1.29, 1.82) is 0 Å². The fourth-order valence-corrected chi connectivity index (χ4v) is 6.16. The first kappa shape index (κ1) is 26.8. The zero-order chi connectivity index (χ0) is 27.4. The van der Waals surface area contributed by atoms with E-state index in [0.29, 0.717) is 15.6 Å². The van der Waals surface area contributed by atoms with E-state index < -0.39 is 5.97 Å². The van der Waals surface area contributed by atoms with Crippen LogP contribution >= 0.6 is 11.8 Å². The van der Waals surface area contributed by atoms with Crippen LogP contribution in [0.5, 0.6) is 0 Å². The second-order valence-corrected chi connectivity index (χ2v) is 10.7. The van der Waals surface area contributed by atoms with Gasteiger partial charge in [0.1, 0.15) is 22.9 Å². The normalized spacial score (nSPS) is 17.9. The molecule has 3 aromatic rings. The molecular formula is C31H33N3O4S. The van der Waals surface area contributed by atoms with E-state index in [2.05, 4.69) is 18.0 Å². The molecule has 0 bridgehead atoms. The molecule has 2 aromatic carbocycles. The molecule has 2 aliphatic rings. The largest absolute Gasteiger partial charge is 0.506 e. The maximum atomic E-state index is 13.2. The lowest BCUT2D eigenvalue weighted by molar-refractivity contribution is -0.138. The number of benzene rings is 2. The number of hydrogen-bond donors (Lipinski definition) is 1. The van der Waals surface area contributed by atoms with Gasteiger partial charge in [-0.25, -0.2) is 9.79 Å². The molecule has 39 heavy (non-hydrogen) atoms. The fourth-order valence-electron chi connectivity index (χ4n) is 5.13. The molecule has 0 aliphatic carbocycles. The zero-order valence-corrected chi connectivity index (χ0v) is 23.2. The summed E-state index contributed by atoms with van der Waals surface area (Å²) in [5, 5.41) is 12.6. The Labute approximate surface area is 232 Å². The first-order valence-electron chi connectivity index (χ1n) is 13.5. The predicted molar refractivity (Wildman–Crippen MR) is 157 cm³/mol. The number of nitrogens with zero attached hydrogens (tertiary/aromatic N) is 3. The Balaban J connectivity index is 1.56. The third-order valence-corrected chi connectivity index (χ3v) is 8.07. The third-order valence-electron chi connectivity index (χ3n) is 7.05. The van der Waals surface area contributed by atoms with Crippen LogP contribution in [0.4, 0.5) is 5.69 Å². The van der Waals surface area contributed by atoms with E-state index in [-0.39, 0.29) is 30.4 Å². The van der Waals surface area contributed by atoms with E-state index >= 15 is 0 Å². The van der Waals surface area contributed by atoms with Crippen LogP contribution < -0.4 is 0 Å². The molecule has 0 unspecified atom stereocenters. The fraction of sp³-hybridized carbons (Fsp3) is 0.323. The second-order valence-electron chi connectivity index (χ2n) is 9.63. The first-order chi connectivity index (χ1) is 19.0. The van der Waals surface area contributed by atoms with E-state index in [1.165, 1.54) is 18.2 Å². The minimum Gasteiger partial charge on any atom is -0.506 e. The van der Waals surface area contributed by atoms with E-state index in [0.717, 1.165) is 54.4 Å². The number of hydrogen-bond acceptors (Lipinski definition) is 6. The number of carbonyl (C=O) groups excluding carboxylic acids is 2. The number of esters is 1. The second kappa shape index (κ2) is 11.9. The van der Waals surface area contributed by atoms with Gasteiger partial charge in [-0.2, -0.15) is 0 Å². The van der Waals surface area contributed by atoms with Gasteiger partial charge in [-0.15, -0.1) is 0 Å². The van der Waals surface area contributed by atoms with Crippen molar-refractivity contribution < 1.29 is 19.4 Å². The van der Waals surface area contributed by atoms with Crippen LogP contribution in [-0.2, 0) is 27.3 Å². The van der Waals surface area contributed by atoms with Gasteiger partial charge >= 0.3 is 5.97 Å². The van der Waals surface area contributed by atoms with Crippen molar-refractivity contribution in [3.63, 3.8) is 0 Å². The number of rotatable bonds is 7. The smallest absolute Gasteiger partial charge is 0.344 e. The van der Waals surface area contributed by atoms with Gasteiger partial charge in [-0.05, 0) is 56.4 Å². The van der Waals surface area contributed by atoms with E-state index in [4.69, 9.17) is 4.74 Å². The number of thioether (sulfide) groups is 1. The molecule has 7 nitrogen and oxygen atoms in total. The van der Waals surface area contributed by atoms with Crippen LogP contribution in [-0.4, -0.2) is 51.2 Å². The molecule has 3 heterocycles. The van der Waals surface area contributed by atoms with Gasteiger partial charge in [0.25, 0.3) is 0 Å². The van der Waals surface area contributed by atoms with Gasteiger partial charge in [-0.1, -0.05) is 55.1 Å². The number of piperidine rings is 1. The van der Waals surface area contributed by atoms with Crippen LogP contribution in [0.25, 0.3) is 17.0 Å². The van der Waals surface area contributed by atoms with Gasteiger partial charge in [0, 0.05) is 30.2 Å². The maximum Gasteiger partial charge on any atom is 0.344 e. The molecule has 1 amide bonds. The van der Waals surface area contributed by atoms with Crippen LogP contribution in [0.3, 0.4) is 0 Å². The number of aliphatic hydroxyl groups is 1. The van der Waals surface area contributed by atoms with Gasteiger partial charge in [0.2, 0.25) is 5.91 Å². The molecule has 0 spiro atoms. The van der Waals surface area contributed by atoms with Crippen LogP contribution in [0, 0.1) is 0 Å². The van der Waals surface area contributed by atoms with Gasteiger partial charge < -0.3 is 19.3 Å². The lowest BCUT2D eigenvalue weighted by Crippen LogP contribution is -2.37. The summed E-state index contributed by atoms with van der Waals surface area (Å²) in [6.45, 7) is 5.91. The van der Waals surface area contributed by atoms with Crippen molar-refractivity contribution >= 4 is 51.3 Å². The summed E-state index contributed by atoms with van der Waals surface area (Å²) >= 11 is 1.24. The first-order valence-corrected chi connectivity index (χ1v) is 14.3. The molecule has 202 valence electrons. The summed E-state index contributed by atoms with van der Waals surface area (Å²) in [5.74, 6) is -0.634. The summed E-state index contributed by atoms with van der Waals surface area (Å²) in [4.78, 5) is 33.1.